The number of aliphatic hydroxyl groups excluding tert-OH is 1. The summed E-state index contributed by atoms with van der Waals surface area (Å²) in [5, 5.41) is 11.4. The fourth-order valence-corrected chi connectivity index (χ4v) is 8.57. The highest BCUT2D eigenvalue weighted by Gasteiger charge is 2.72. The third-order valence-electron chi connectivity index (χ3n) is 10.4. The van der Waals surface area contributed by atoms with E-state index in [0.29, 0.717) is 17.8 Å². The monoisotopic (exact) mass is 386 g/mol. The molecule has 5 aliphatic rings. The molecule has 1 aliphatic heterocycles. The van der Waals surface area contributed by atoms with Crippen molar-refractivity contribution in [1.29, 1.82) is 0 Å². The van der Waals surface area contributed by atoms with Crippen molar-refractivity contribution in [2.75, 3.05) is 0 Å². The third-order valence-corrected chi connectivity index (χ3v) is 10.4. The van der Waals surface area contributed by atoms with E-state index in [9.17, 15) is 9.90 Å². The summed E-state index contributed by atoms with van der Waals surface area (Å²) >= 11 is 0. The van der Waals surface area contributed by atoms with Crippen molar-refractivity contribution in [3.8, 4) is 0 Å². The SMILES string of the molecule is CC(C)C1CCC2(C)C1=CCC1(C)C2CC(O)C2(C)C(=O)C3OC3(C)CCC12. The standard InChI is InChI=1S/C25H38O3/c1-14(2)15-7-10-22(3)16(15)8-11-23(4)17-9-12-24(5)21(28-24)20(27)25(17,6)19(26)13-18(22)23/h8,14-15,17-19,21,26H,7,9-13H2,1-6H3. The van der Waals surface area contributed by atoms with E-state index in [2.05, 4.69) is 47.6 Å². The first-order valence-electron chi connectivity index (χ1n) is 11.6. The quantitative estimate of drug-likeness (QED) is 0.514. The minimum atomic E-state index is -0.665. The number of carbonyl (C=O) groups is 1. The molecular weight excluding hydrogens is 348 g/mol. The first kappa shape index (κ1) is 19.3. The highest BCUT2D eigenvalue weighted by atomic mass is 16.6. The van der Waals surface area contributed by atoms with Gasteiger partial charge in [0.1, 0.15) is 6.10 Å². The molecule has 3 saturated carbocycles. The van der Waals surface area contributed by atoms with Gasteiger partial charge in [-0.25, -0.2) is 0 Å². The molecule has 0 radical (unpaired) electrons. The topological polar surface area (TPSA) is 49.8 Å². The molecule has 0 aromatic heterocycles. The molecule has 3 nitrogen and oxygen atoms in total. The number of hydrogen-bond donors (Lipinski definition) is 1. The van der Waals surface area contributed by atoms with E-state index in [1.165, 1.54) is 12.8 Å². The van der Waals surface area contributed by atoms with Crippen molar-refractivity contribution in [2.24, 2.45) is 39.9 Å². The van der Waals surface area contributed by atoms with Crippen LogP contribution in [-0.2, 0) is 9.53 Å². The van der Waals surface area contributed by atoms with Gasteiger partial charge in [-0.3, -0.25) is 4.79 Å². The summed E-state index contributed by atoms with van der Waals surface area (Å²) < 4.78 is 5.85. The molecule has 4 aliphatic carbocycles. The second kappa shape index (κ2) is 5.52. The number of aliphatic hydroxyl groups is 1. The predicted molar refractivity (Wildman–Crippen MR) is 110 cm³/mol. The summed E-state index contributed by atoms with van der Waals surface area (Å²) in [6.07, 6.45) is 8.00. The number of ketones is 1. The number of Topliss-reactive ketones (excluding diaryl/α,β-unsaturated/α-hetero) is 1. The number of carbonyl (C=O) groups excluding carboxylic acids is 1. The smallest absolute Gasteiger partial charge is 0.173 e. The lowest BCUT2D eigenvalue weighted by atomic mass is 9.41. The van der Waals surface area contributed by atoms with Crippen molar-refractivity contribution in [2.45, 2.75) is 97.9 Å². The fraction of sp³-hybridized carbons (Fsp3) is 0.880. The number of allylic oxidation sites excluding steroid dienone is 2. The van der Waals surface area contributed by atoms with Crippen molar-refractivity contribution in [3.05, 3.63) is 11.6 Å². The van der Waals surface area contributed by atoms with Gasteiger partial charge in [-0.05, 0) is 86.9 Å². The van der Waals surface area contributed by atoms with Gasteiger partial charge in [0.25, 0.3) is 0 Å². The maximum atomic E-state index is 13.5. The Labute approximate surface area is 170 Å². The molecule has 5 rings (SSSR count). The Balaban J connectivity index is 1.60. The van der Waals surface area contributed by atoms with Crippen LogP contribution in [0.4, 0.5) is 0 Å². The Hall–Kier alpha value is -0.670. The Morgan fingerprint density at radius 2 is 1.82 bits per heavy atom. The number of ether oxygens (including phenoxy) is 1. The normalized spacial score (nSPS) is 57.6. The minimum absolute atomic E-state index is 0.0842. The van der Waals surface area contributed by atoms with Crippen molar-refractivity contribution in [1.82, 2.24) is 0 Å². The zero-order valence-corrected chi connectivity index (χ0v) is 18.5. The highest BCUT2D eigenvalue weighted by molar-refractivity contribution is 5.93. The van der Waals surface area contributed by atoms with E-state index >= 15 is 0 Å². The highest BCUT2D eigenvalue weighted by Crippen LogP contribution is 2.71. The molecule has 1 N–H and O–H groups in total. The number of fused-ring (bicyclic) bond motifs is 6. The van der Waals surface area contributed by atoms with E-state index in [4.69, 9.17) is 4.74 Å². The van der Waals surface area contributed by atoms with Crippen LogP contribution in [0.5, 0.6) is 0 Å². The van der Waals surface area contributed by atoms with Crippen molar-refractivity contribution < 1.29 is 14.6 Å². The van der Waals surface area contributed by atoms with Crippen molar-refractivity contribution in [3.63, 3.8) is 0 Å². The lowest BCUT2D eigenvalue weighted by Gasteiger charge is -2.63. The zero-order valence-electron chi connectivity index (χ0n) is 18.5. The maximum Gasteiger partial charge on any atom is 0.173 e. The first-order valence-corrected chi connectivity index (χ1v) is 11.6. The number of epoxide rings is 1. The average molecular weight is 387 g/mol. The Morgan fingerprint density at radius 1 is 1.11 bits per heavy atom. The Morgan fingerprint density at radius 3 is 2.50 bits per heavy atom. The van der Waals surface area contributed by atoms with Crippen LogP contribution >= 0.6 is 0 Å². The molecule has 1 saturated heterocycles. The van der Waals surface area contributed by atoms with Crippen LogP contribution < -0.4 is 0 Å². The molecule has 1 heterocycles. The molecule has 4 fully saturated rings. The molecule has 0 aromatic rings. The van der Waals surface area contributed by atoms with Gasteiger partial charge in [-0.1, -0.05) is 39.3 Å². The largest absolute Gasteiger partial charge is 0.392 e. The van der Waals surface area contributed by atoms with Crippen LogP contribution in [0.15, 0.2) is 11.6 Å². The lowest BCUT2D eigenvalue weighted by molar-refractivity contribution is -0.180. The van der Waals surface area contributed by atoms with E-state index in [-0.39, 0.29) is 34.2 Å². The summed E-state index contributed by atoms with van der Waals surface area (Å²) in [5.41, 5.74) is 0.989. The van der Waals surface area contributed by atoms with Gasteiger partial charge >= 0.3 is 0 Å². The van der Waals surface area contributed by atoms with Gasteiger partial charge in [0.05, 0.1) is 17.1 Å². The zero-order chi connectivity index (χ0) is 20.3. The van der Waals surface area contributed by atoms with Crippen LogP contribution in [0.2, 0.25) is 0 Å². The molecule has 0 spiro atoms. The third kappa shape index (κ3) is 2.11. The van der Waals surface area contributed by atoms with Gasteiger partial charge in [0.15, 0.2) is 5.78 Å². The van der Waals surface area contributed by atoms with Crippen molar-refractivity contribution >= 4 is 5.78 Å². The number of rotatable bonds is 1. The second-order valence-corrected chi connectivity index (χ2v) is 12.0. The molecule has 0 bridgehead atoms. The molecule has 9 atom stereocenters. The molecule has 156 valence electrons. The van der Waals surface area contributed by atoms with Gasteiger partial charge < -0.3 is 9.84 Å². The van der Waals surface area contributed by atoms with Gasteiger partial charge in [-0.2, -0.15) is 0 Å². The van der Waals surface area contributed by atoms with E-state index in [1.54, 1.807) is 5.57 Å². The van der Waals surface area contributed by atoms with Crippen LogP contribution in [0, 0.1) is 39.9 Å². The summed E-state index contributed by atoms with van der Waals surface area (Å²) in [5.74, 6) is 2.25. The molecule has 9 unspecified atom stereocenters. The average Bonchev–Trinajstić information content (AvgIpc) is 3.17. The van der Waals surface area contributed by atoms with Gasteiger partial charge in [-0.15, -0.1) is 0 Å². The van der Waals surface area contributed by atoms with Crippen LogP contribution in [0.25, 0.3) is 0 Å². The molecule has 0 aromatic carbocycles. The van der Waals surface area contributed by atoms with E-state index in [1.807, 2.05) is 0 Å². The van der Waals surface area contributed by atoms with Crippen LogP contribution in [-0.4, -0.2) is 28.7 Å². The number of hydrogen-bond acceptors (Lipinski definition) is 3. The lowest BCUT2D eigenvalue weighted by Crippen LogP contribution is -2.62. The second-order valence-electron chi connectivity index (χ2n) is 12.0. The molecular formula is C25H38O3. The van der Waals surface area contributed by atoms with E-state index < -0.39 is 11.5 Å². The maximum absolute atomic E-state index is 13.5. The summed E-state index contributed by atoms with van der Waals surface area (Å²) in [6, 6.07) is 0. The van der Waals surface area contributed by atoms with Crippen LogP contribution in [0.1, 0.15) is 80.1 Å². The molecule has 3 heteroatoms. The van der Waals surface area contributed by atoms with Gasteiger partial charge in [0, 0.05) is 0 Å². The molecule has 0 amide bonds. The first-order chi connectivity index (χ1) is 13.0. The Bertz CT molecular complexity index is 755. The summed E-state index contributed by atoms with van der Waals surface area (Å²) in [7, 11) is 0. The Kier molecular flexibility index (Phi) is 3.80. The van der Waals surface area contributed by atoms with Crippen LogP contribution in [0.3, 0.4) is 0 Å². The minimum Gasteiger partial charge on any atom is -0.392 e. The summed E-state index contributed by atoms with van der Waals surface area (Å²) in [4.78, 5) is 13.5. The summed E-state index contributed by atoms with van der Waals surface area (Å²) in [6.45, 7) is 13.8. The predicted octanol–water partition coefficient (Wildman–Crippen LogP) is 4.92. The fourth-order valence-electron chi connectivity index (χ4n) is 8.57. The van der Waals surface area contributed by atoms with E-state index in [0.717, 1.165) is 25.7 Å². The van der Waals surface area contributed by atoms with Gasteiger partial charge in [0.2, 0.25) is 0 Å². The molecule has 28 heavy (non-hydrogen) atoms.